The van der Waals surface area contributed by atoms with E-state index in [-0.39, 0.29) is 36.2 Å². The molecule has 5 saturated heterocycles. The first-order chi connectivity index (χ1) is 22.3. The molecule has 2 aromatic heterocycles. The van der Waals surface area contributed by atoms with Crippen molar-refractivity contribution in [2.45, 2.75) is 115 Å². The Hall–Kier alpha value is -3.31. The van der Waals surface area contributed by atoms with Crippen LogP contribution < -0.4 is 15.1 Å². The first-order valence-electron chi connectivity index (χ1n) is 17.4. The predicted molar refractivity (Wildman–Crippen MR) is 190 cm³/mol. The number of piperazine rings is 2. The van der Waals surface area contributed by atoms with Crippen LogP contribution in [0.4, 0.5) is 21.2 Å². The van der Waals surface area contributed by atoms with E-state index in [4.69, 9.17) is 9.47 Å². The molecule has 48 heavy (non-hydrogen) atoms. The van der Waals surface area contributed by atoms with Crippen LogP contribution in [0.3, 0.4) is 0 Å². The van der Waals surface area contributed by atoms with Gasteiger partial charge in [0.05, 0.1) is 12.1 Å². The van der Waals surface area contributed by atoms with E-state index in [2.05, 4.69) is 37.2 Å². The van der Waals surface area contributed by atoms with Gasteiger partial charge in [-0.2, -0.15) is 0 Å². The molecule has 0 spiro atoms. The van der Waals surface area contributed by atoms with Crippen molar-refractivity contribution in [3.8, 4) is 0 Å². The number of rotatable bonds is 2. The van der Waals surface area contributed by atoms with Crippen molar-refractivity contribution in [3.05, 3.63) is 48.8 Å². The Kier molecular flexibility index (Phi) is 11.0. The van der Waals surface area contributed by atoms with Gasteiger partial charge >= 0.3 is 12.2 Å². The summed E-state index contributed by atoms with van der Waals surface area (Å²) in [4.78, 5) is 41.2. The van der Waals surface area contributed by atoms with E-state index in [9.17, 15) is 9.59 Å². The van der Waals surface area contributed by atoms with Crippen LogP contribution in [0.1, 0.15) is 73.6 Å². The summed E-state index contributed by atoms with van der Waals surface area (Å²) < 4.78 is 10.8. The third kappa shape index (κ3) is 8.64. The summed E-state index contributed by atoms with van der Waals surface area (Å²) >= 11 is 0. The van der Waals surface area contributed by atoms with E-state index in [1.807, 2.05) is 88.0 Å². The average Bonchev–Trinajstić information content (AvgIpc) is 3.89. The number of nitrogens with zero attached hydrogens (tertiary/aromatic N) is 6. The number of halogens is 1. The lowest BCUT2D eigenvalue weighted by Crippen LogP contribution is -2.50. The van der Waals surface area contributed by atoms with Gasteiger partial charge in [0.15, 0.2) is 0 Å². The van der Waals surface area contributed by atoms with E-state index in [0.717, 1.165) is 56.8 Å². The molecule has 6 unspecified atom stereocenters. The number of likely N-dealkylation sites (tertiary alicyclic amines) is 2. The Labute approximate surface area is 292 Å². The summed E-state index contributed by atoms with van der Waals surface area (Å²) in [7, 11) is 0. The largest absolute Gasteiger partial charge is 0.444 e. The summed E-state index contributed by atoms with van der Waals surface area (Å²) in [6.45, 7) is 16.0. The SMILES string of the molecule is CC(C)(C)OC(=O)N1CC2CC1CN2.CC(C)(C)OC(=O)N1CC2CC1CN2c1ccccn1.Cl.c1ccc(N2CC3CCC2C3)nc1. The van der Waals surface area contributed by atoms with E-state index >= 15 is 0 Å². The second kappa shape index (κ2) is 14.7. The molecular formula is C36H54ClN7O4. The number of hydrogen-bond acceptors (Lipinski definition) is 9. The maximum absolute atomic E-state index is 12.2. The lowest BCUT2D eigenvalue weighted by Gasteiger charge is -2.35. The molecule has 264 valence electrons. The second-order valence-electron chi connectivity index (χ2n) is 15.8. The average molecular weight is 684 g/mol. The van der Waals surface area contributed by atoms with Gasteiger partial charge in [0, 0.05) is 63.2 Å². The zero-order valence-corrected chi connectivity index (χ0v) is 30.2. The van der Waals surface area contributed by atoms with E-state index in [1.165, 1.54) is 31.6 Å². The number of fused-ring (bicyclic) bond motifs is 6. The minimum atomic E-state index is -0.431. The maximum atomic E-state index is 12.2. The molecule has 2 amide bonds. The smallest absolute Gasteiger partial charge is 0.410 e. The summed E-state index contributed by atoms with van der Waals surface area (Å²) in [5.74, 6) is 3.13. The Balaban J connectivity index is 0.000000143. The third-order valence-corrected chi connectivity index (χ3v) is 9.85. The molecule has 0 radical (unpaired) electrons. The molecule has 11 nitrogen and oxygen atoms in total. The molecule has 1 saturated carbocycles. The fourth-order valence-electron chi connectivity index (χ4n) is 7.85. The molecule has 0 aromatic carbocycles. The van der Waals surface area contributed by atoms with Crippen molar-refractivity contribution in [2.75, 3.05) is 42.5 Å². The highest BCUT2D eigenvalue weighted by Gasteiger charge is 2.47. The van der Waals surface area contributed by atoms with E-state index in [1.54, 1.807) is 0 Å². The van der Waals surface area contributed by atoms with Crippen LogP contribution in [0.25, 0.3) is 0 Å². The fourth-order valence-corrected chi connectivity index (χ4v) is 7.85. The van der Waals surface area contributed by atoms with Crippen LogP contribution in [0.15, 0.2) is 48.8 Å². The van der Waals surface area contributed by atoms with Gasteiger partial charge in [0.1, 0.15) is 22.8 Å². The van der Waals surface area contributed by atoms with E-state index < -0.39 is 5.60 Å². The minimum absolute atomic E-state index is 0. The molecule has 6 fully saturated rings. The molecule has 6 atom stereocenters. The molecule has 8 rings (SSSR count). The number of carbonyl (C=O) groups is 2. The first-order valence-corrected chi connectivity index (χ1v) is 17.4. The minimum Gasteiger partial charge on any atom is -0.444 e. The van der Waals surface area contributed by atoms with Crippen molar-refractivity contribution in [2.24, 2.45) is 5.92 Å². The predicted octanol–water partition coefficient (Wildman–Crippen LogP) is 5.74. The van der Waals surface area contributed by atoms with Crippen molar-refractivity contribution >= 4 is 36.2 Å². The zero-order chi connectivity index (χ0) is 33.3. The molecule has 2 aromatic rings. The number of anilines is 2. The van der Waals surface area contributed by atoms with Gasteiger partial charge in [0.2, 0.25) is 0 Å². The third-order valence-electron chi connectivity index (χ3n) is 9.85. The van der Waals surface area contributed by atoms with Gasteiger partial charge in [-0.15, -0.1) is 12.4 Å². The van der Waals surface area contributed by atoms with Crippen LogP contribution in [-0.4, -0.2) is 106 Å². The quantitative estimate of drug-likeness (QED) is 0.425. The van der Waals surface area contributed by atoms with Crippen LogP contribution in [0.2, 0.25) is 0 Å². The van der Waals surface area contributed by atoms with Gasteiger partial charge in [-0.25, -0.2) is 19.6 Å². The summed E-state index contributed by atoms with van der Waals surface area (Å²) in [6, 6.07) is 14.4. The van der Waals surface area contributed by atoms with Crippen LogP contribution in [-0.2, 0) is 9.47 Å². The topological polar surface area (TPSA) is 103 Å². The Morgan fingerprint density at radius 3 is 1.67 bits per heavy atom. The molecule has 5 aliphatic heterocycles. The van der Waals surface area contributed by atoms with Gasteiger partial charge in [0.25, 0.3) is 0 Å². The number of pyridine rings is 2. The van der Waals surface area contributed by atoms with Crippen molar-refractivity contribution < 1.29 is 19.1 Å². The highest BCUT2D eigenvalue weighted by molar-refractivity contribution is 5.85. The summed E-state index contributed by atoms with van der Waals surface area (Å²) in [5, 5.41) is 3.35. The Morgan fingerprint density at radius 2 is 1.27 bits per heavy atom. The van der Waals surface area contributed by atoms with Crippen LogP contribution in [0.5, 0.6) is 0 Å². The Morgan fingerprint density at radius 1 is 0.688 bits per heavy atom. The number of hydrogen-bond donors (Lipinski definition) is 1. The monoisotopic (exact) mass is 683 g/mol. The van der Waals surface area contributed by atoms with Crippen molar-refractivity contribution in [1.82, 2.24) is 25.1 Å². The van der Waals surface area contributed by atoms with Crippen LogP contribution in [0, 0.1) is 5.92 Å². The van der Waals surface area contributed by atoms with Crippen molar-refractivity contribution in [3.63, 3.8) is 0 Å². The highest BCUT2D eigenvalue weighted by Crippen LogP contribution is 2.39. The molecular weight excluding hydrogens is 630 g/mol. The normalized spacial score (nSPS) is 28.0. The van der Waals surface area contributed by atoms with Gasteiger partial charge in [-0.05, 0) is 104 Å². The van der Waals surface area contributed by atoms with Gasteiger partial charge in [-0.3, -0.25) is 0 Å². The van der Waals surface area contributed by atoms with Gasteiger partial charge in [-0.1, -0.05) is 12.1 Å². The number of aromatic nitrogens is 2. The number of amides is 2. The highest BCUT2D eigenvalue weighted by atomic mass is 35.5. The molecule has 7 heterocycles. The maximum Gasteiger partial charge on any atom is 0.410 e. The lowest BCUT2D eigenvalue weighted by molar-refractivity contribution is 0.0198. The van der Waals surface area contributed by atoms with E-state index in [0.29, 0.717) is 18.1 Å². The van der Waals surface area contributed by atoms with Crippen molar-refractivity contribution in [1.29, 1.82) is 0 Å². The molecule has 12 heteroatoms. The van der Waals surface area contributed by atoms with Gasteiger partial charge < -0.3 is 34.4 Å². The standard InChI is InChI=1S/C15H21N3O2.C11H14N2.C10H18N2O2.ClH/c1-15(2,3)20-14(19)18-10-11-8-12(18)9-17(11)13-6-4-5-7-16-13;1-2-6-12-11(3-1)13-8-9-4-5-10(13)7-9;1-10(2,3)14-9(13)12-6-7-4-8(12)5-11-7;/h4-7,11-12H,8-10H2,1-3H3;1-3,6,9-10H,4-5,7-8H2;7-8,11H,4-6H2,1-3H3;1H. The summed E-state index contributed by atoms with van der Waals surface area (Å²) in [5.41, 5.74) is -0.814. The molecule has 1 aliphatic carbocycles. The lowest BCUT2D eigenvalue weighted by atomic mass is 10.1. The fraction of sp³-hybridized carbons (Fsp3) is 0.667. The number of nitrogens with one attached hydrogen (secondary N) is 1. The number of carbonyl (C=O) groups excluding carboxylic acids is 2. The van der Waals surface area contributed by atoms with Crippen LogP contribution >= 0.6 is 12.4 Å². The summed E-state index contributed by atoms with van der Waals surface area (Å²) in [6.07, 6.45) is 9.66. The molecule has 6 aliphatic rings. The first kappa shape index (κ1) is 36.0. The molecule has 6 bridgehead atoms. The molecule has 1 N–H and O–H groups in total. The Bertz CT molecular complexity index is 1370. The number of piperidine rings is 1. The zero-order valence-electron chi connectivity index (χ0n) is 29.4. The second-order valence-corrected chi connectivity index (χ2v) is 15.8. The number of ether oxygens (including phenoxy) is 2.